The van der Waals surface area contributed by atoms with Crippen LogP contribution in [0.3, 0.4) is 0 Å². The highest BCUT2D eigenvalue weighted by Crippen LogP contribution is 2.18. The Morgan fingerprint density at radius 3 is 2.25 bits per heavy atom. The molecule has 1 N–H and O–H groups in total. The first kappa shape index (κ1) is 17.1. The Labute approximate surface area is 122 Å². The van der Waals surface area contributed by atoms with Crippen LogP contribution in [0.1, 0.15) is 32.8 Å². The third kappa shape index (κ3) is 4.58. The Morgan fingerprint density at radius 2 is 1.80 bits per heavy atom. The van der Waals surface area contributed by atoms with Crippen LogP contribution in [0.5, 0.6) is 0 Å². The Morgan fingerprint density at radius 1 is 1.20 bits per heavy atom. The van der Waals surface area contributed by atoms with Gasteiger partial charge in [-0.3, -0.25) is 0 Å². The van der Waals surface area contributed by atoms with Crippen molar-refractivity contribution in [3.05, 3.63) is 29.8 Å². The SMILES string of the molecule is CCN(CC(C)C)S(=O)(=O)c1ccc(CCCO)cc1. The first-order valence-corrected chi connectivity index (χ1v) is 8.55. The first-order valence-electron chi connectivity index (χ1n) is 7.11. The summed E-state index contributed by atoms with van der Waals surface area (Å²) < 4.78 is 26.5. The summed E-state index contributed by atoms with van der Waals surface area (Å²) in [6, 6.07) is 6.97. The van der Waals surface area contributed by atoms with Gasteiger partial charge in [-0.1, -0.05) is 32.9 Å². The molecule has 0 saturated carbocycles. The summed E-state index contributed by atoms with van der Waals surface area (Å²) in [6.07, 6.45) is 1.46. The molecule has 114 valence electrons. The van der Waals surface area contributed by atoms with Crippen molar-refractivity contribution in [2.75, 3.05) is 19.7 Å². The molecule has 0 unspecified atom stereocenters. The molecular weight excluding hydrogens is 274 g/mol. The van der Waals surface area contributed by atoms with Crippen LogP contribution in [0.4, 0.5) is 0 Å². The van der Waals surface area contributed by atoms with Crippen molar-refractivity contribution in [3.63, 3.8) is 0 Å². The number of nitrogens with zero attached hydrogens (tertiary/aromatic N) is 1. The van der Waals surface area contributed by atoms with Gasteiger partial charge < -0.3 is 5.11 Å². The van der Waals surface area contributed by atoms with Crippen molar-refractivity contribution in [1.29, 1.82) is 0 Å². The standard InChI is InChI=1S/C15H25NO3S/c1-4-16(12-13(2)3)20(18,19)15-9-7-14(8-10-15)6-5-11-17/h7-10,13,17H,4-6,11-12H2,1-3H3. The number of aryl methyl sites for hydroxylation is 1. The van der Waals surface area contributed by atoms with Gasteiger partial charge in [-0.2, -0.15) is 4.31 Å². The monoisotopic (exact) mass is 299 g/mol. The molecule has 0 amide bonds. The van der Waals surface area contributed by atoms with Gasteiger partial charge in [-0.25, -0.2) is 8.42 Å². The highest BCUT2D eigenvalue weighted by Gasteiger charge is 2.23. The number of hydrogen-bond acceptors (Lipinski definition) is 3. The van der Waals surface area contributed by atoms with Gasteiger partial charge in [-0.05, 0) is 36.5 Å². The molecule has 20 heavy (non-hydrogen) atoms. The number of hydrogen-bond donors (Lipinski definition) is 1. The van der Waals surface area contributed by atoms with Gasteiger partial charge in [0.2, 0.25) is 10.0 Å². The highest BCUT2D eigenvalue weighted by atomic mass is 32.2. The third-order valence-corrected chi connectivity index (χ3v) is 5.06. The van der Waals surface area contributed by atoms with Crippen molar-refractivity contribution in [2.24, 2.45) is 5.92 Å². The van der Waals surface area contributed by atoms with E-state index in [1.54, 1.807) is 12.1 Å². The lowest BCUT2D eigenvalue weighted by atomic mass is 10.1. The van der Waals surface area contributed by atoms with Crippen LogP contribution in [0.15, 0.2) is 29.2 Å². The second-order valence-corrected chi connectivity index (χ2v) is 7.26. The minimum absolute atomic E-state index is 0.151. The maximum atomic E-state index is 12.5. The minimum atomic E-state index is -3.40. The molecule has 1 rings (SSSR count). The topological polar surface area (TPSA) is 57.6 Å². The zero-order valence-electron chi connectivity index (χ0n) is 12.5. The van der Waals surface area contributed by atoms with E-state index >= 15 is 0 Å². The van der Waals surface area contributed by atoms with E-state index in [0.29, 0.717) is 30.3 Å². The zero-order chi connectivity index (χ0) is 15.2. The maximum absolute atomic E-state index is 12.5. The lowest BCUT2D eigenvalue weighted by Gasteiger charge is -2.22. The lowest BCUT2D eigenvalue weighted by molar-refractivity contribution is 0.288. The van der Waals surface area contributed by atoms with Crippen LogP contribution < -0.4 is 0 Å². The molecule has 1 aromatic rings. The summed E-state index contributed by atoms with van der Waals surface area (Å²) >= 11 is 0. The second-order valence-electron chi connectivity index (χ2n) is 5.32. The number of sulfonamides is 1. The molecule has 4 nitrogen and oxygen atoms in total. The van der Waals surface area contributed by atoms with Crippen LogP contribution >= 0.6 is 0 Å². The molecular formula is C15H25NO3S. The van der Waals surface area contributed by atoms with Crippen LogP contribution in [0.25, 0.3) is 0 Å². The molecule has 0 aliphatic heterocycles. The number of aliphatic hydroxyl groups is 1. The van der Waals surface area contributed by atoms with Crippen molar-refractivity contribution < 1.29 is 13.5 Å². The van der Waals surface area contributed by atoms with Gasteiger partial charge in [0, 0.05) is 19.7 Å². The molecule has 0 bridgehead atoms. The fourth-order valence-corrected chi connectivity index (χ4v) is 3.68. The normalized spacial score (nSPS) is 12.3. The Hall–Kier alpha value is -0.910. The van der Waals surface area contributed by atoms with Crippen LogP contribution in [0, 0.1) is 5.92 Å². The van der Waals surface area contributed by atoms with Gasteiger partial charge in [0.1, 0.15) is 0 Å². The quantitative estimate of drug-likeness (QED) is 0.801. The average Bonchev–Trinajstić information content (AvgIpc) is 2.42. The largest absolute Gasteiger partial charge is 0.396 e. The molecule has 0 fully saturated rings. The molecule has 0 spiro atoms. The molecule has 0 heterocycles. The van der Waals surface area contributed by atoms with Gasteiger partial charge in [0.15, 0.2) is 0 Å². The molecule has 0 radical (unpaired) electrons. The Kier molecular flexibility index (Phi) is 6.65. The van der Waals surface area contributed by atoms with Crippen LogP contribution in [-0.2, 0) is 16.4 Å². The van der Waals surface area contributed by atoms with Crippen molar-refractivity contribution in [2.45, 2.75) is 38.5 Å². The van der Waals surface area contributed by atoms with Crippen LogP contribution in [-0.4, -0.2) is 37.5 Å². The Balaban J connectivity index is 2.91. The van der Waals surface area contributed by atoms with E-state index in [1.807, 2.05) is 32.9 Å². The maximum Gasteiger partial charge on any atom is 0.243 e. The molecule has 1 aromatic carbocycles. The summed E-state index contributed by atoms with van der Waals surface area (Å²) in [4.78, 5) is 0.341. The van der Waals surface area contributed by atoms with Crippen molar-refractivity contribution >= 4 is 10.0 Å². The minimum Gasteiger partial charge on any atom is -0.396 e. The fourth-order valence-electron chi connectivity index (χ4n) is 2.06. The summed E-state index contributed by atoms with van der Waals surface area (Å²) in [5.74, 6) is 0.300. The molecule has 0 aliphatic rings. The Bertz CT molecular complexity index is 494. The lowest BCUT2D eigenvalue weighted by Crippen LogP contribution is -2.34. The molecule has 0 saturated heterocycles. The summed E-state index contributed by atoms with van der Waals surface area (Å²) in [6.45, 7) is 7.04. The third-order valence-electron chi connectivity index (χ3n) is 3.11. The summed E-state index contributed by atoms with van der Waals surface area (Å²) in [5.41, 5.74) is 1.05. The summed E-state index contributed by atoms with van der Waals surface area (Å²) in [7, 11) is -3.40. The average molecular weight is 299 g/mol. The summed E-state index contributed by atoms with van der Waals surface area (Å²) in [5, 5.41) is 8.80. The molecule has 5 heteroatoms. The van der Waals surface area contributed by atoms with Crippen LogP contribution in [0.2, 0.25) is 0 Å². The van der Waals surface area contributed by atoms with E-state index in [2.05, 4.69) is 0 Å². The molecule has 0 atom stereocenters. The van der Waals surface area contributed by atoms with Crippen molar-refractivity contribution in [3.8, 4) is 0 Å². The predicted octanol–water partition coefficient (Wildman–Crippen LogP) is 2.28. The van der Waals surface area contributed by atoms with E-state index in [1.165, 1.54) is 4.31 Å². The predicted molar refractivity (Wildman–Crippen MR) is 81.1 cm³/mol. The highest BCUT2D eigenvalue weighted by molar-refractivity contribution is 7.89. The van der Waals surface area contributed by atoms with Gasteiger partial charge >= 0.3 is 0 Å². The number of benzene rings is 1. The van der Waals surface area contributed by atoms with E-state index in [9.17, 15) is 8.42 Å². The van der Waals surface area contributed by atoms with E-state index in [4.69, 9.17) is 5.11 Å². The smallest absolute Gasteiger partial charge is 0.243 e. The van der Waals surface area contributed by atoms with Gasteiger partial charge in [-0.15, -0.1) is 0 Å². The van der Waals surface area contributed by atoms with Crippen molar-refractivity contribution in [1.82, 2.24) is 4.31 Å². The molecule has 0 aromatic heterocycles. The van der Waals surface area contributed by atoms with Gasteiger partial charge in [0.25, 0.3) is 0 Å². The number of rotatable bonds is 8. The second kappa shape index (κ2) is 7.76. The van der Waals surface area contributed by atoms with E-state index in [-0.39, 0.29) is 6.61 Å². The fraction of sp³-hybridized carbons (Fsp3) is 0.600. The van der Waals surface area contributed by atoms with E-state index in [0.717, 1.165) is 12.0 Å². The zero-order valence-corrected chi connectivity index (χ0v) is 13.4. The van der Waals surface area contributed by atoms with Gasteiger partial charge in [0.05, 0.1) is 4.90 Å². The molecule has 0 aliphatic carbocycles. The van der Waals surface area contributed by atoms with E-state index < -0.39 is 10.0 Å². The first-order chi connectivity index (χ1) is 9.41. The number of aliphatic hydroxyl groups excluding tert-OH is 1.